The summed E-state index contributed by atoms with van der Waals surface area (Å²) >= 11 is 0. The van der Waals surface area contributed by atoms with Crippen LogP contribution >= 0.6 is 0 Å². The van der Waals surface area contributed by atoms with Crippen LogP contribution in [0.3, 0.4) is 0 Å². The van der Waals surface area contributed by atoms with Gasteiger partial charge in [-0.3, -0.25) is 4.79 Å². The topological polar surface area (TPSA) is 59.0 Å². The van der Waals surface area contributed by atoms with Crippen molar-refractivity contribution in [3.05, 3.63) is 11.8 Å². The summed E-state index contributed by atoms with van der Waals surface area (Å²) in [5.41, 5.74) is 0. The van der Waals surface area contributed by atoms with Crippen molar-refractivity contribution in [2.45, 2.75) is 83.8 Å². The lowest BCUT2D eigenvalue weighted by Gasteiger charge is -2.40. The molecule has 0 unspecified atom stereocenters. The number of carbonyl (C=O) groups is 1. The first-order chi connectivity index (χ1) is 13.7. The second-order valence-corrected chi connectivity index (χ2v) is 8.68. The van der Waals surface area contributed by atoms with Gasteiger partial charge < -0.3 is 19.5 Å². The van der Waals surface area contributed by atoms with Gasteiger partial charge in [0, 0.05) is 32.2 Å². The van der Waals surface area contributed by atoms with E-state index in [1.54, 1.807) is 0 Å². The fourth-order valence-electron chi connectivity index (χ4n) is 5.27. The maximum absolute atomic E-state index is 13.3. The third-order valence-corrected chi connectivity index (χ3v) is 6.76. The van der Waals surface area contributed by atoms with E-state index in [9.17, 15) is 9.90 Å². The predicted molar refractivity (Wildman–Crippen MR) is 110 cm³/mol. The van der Waals surface area contributed by atoms with Crippen molar-refractivity contribution < 1.29 is 19.4 Å². The molecule has 1 N–H and O–H groups in total. The van der Waals surface area contributed by atoms with E-state index in [1.165, 1.54) is 44.9 Å². The normalized spacial score (nSPS) is 29.7. The minimum atomic E-state index is -0.374. The molecule has 3 atom stereocenters. The molecule has 5 heteroatoms. The molecule has 1 saturated heterocycles. The molecule has 1 saturated carbocycles. The molecular formula is C23H39NO4. The Morgan fingerprint density at radius 1 is 1.14 bits per heavy atom. The van der Waals surface area contributed by atoms with Crippen LogP contribution in [0.25, 0.3) is 0 Å². The molecule has 0 aromatic heterocycles. The van der Waals surface area contributed by atoms with Crippen LogP contribution in [0.5, 0.6) is 0 Å². The molecule has 2 aliphatic heterocycles. The van der Waals surface area contributed by atoms with Gasteiger partial charge in [0.15, 0.2) is 5.76 Å². The van der Waals surface area contributed by atoms with Gasteiger partial charge in [0.25, 0.3) is 5.91 Å². The lowest BCUT2D eigenvalue weighted by atomic mass is 9.76. The molecule has 0 aromatic rings. The molecule has 2 heterocycles. The summed E-state index contributed by atoms with van der Waals surface area (Å²) in [5.74, 6) is 1.70. The van der Waals surface area contributed by atoms with Crippen LogP contribution in [-0.4, -0.2) is 48.5 Å². The number of amides is 1. The van der Waals surface area contributed by atoms with E-state index < -0.39 is 0 Å². The summed E-state index contributed by atoms with van der Waals surface area (Å²) in [6, 6.07) is 0. The highest BCUT2D eigenvalue weighted by atomic mass is 16.7. The Balaban J connectivity index is 1.80. The molecular weight excluding hydrogens is 354 g/mol. The average molecular weight is 394 g/mol. The van der Waals surface area contributed by atoms with Gasteiger partial charge >= 0.3 is 0 Å². The van der Waals surface area contributed by atoms with Crippen LogP contribution in [0.2, 0.25) is 0 Å². The number of hydrogen-bond donors (Lipinski definition) is 1. The van der Waals surface area contributed by atoms with E-state index in [0.29, 0.717) is 24.2 Å². The maximum atomic E-state index is 13.3. The number of hydrogen-bond acceptors (Lipinski definition) is 4. The number of nitrogens with zero attached hydrogens (tertiary/aromatic N) is 1. The third kappa shape index (κ3) is 5.50. The molecule has 3 aliphatic rings. The van der Waals surface area contributed by atoms with E-state index >= 15 is 0 Å². The van der Waals surface area contributed by atoms with Crippen molar-refractivity contribution in [1.82, 2.24) is 4.90 Å². The zero-order valence-corrected chi connectivity index (χ0v) is 17.6. The monoisotopic (exact) mass is 393 g/mol. The first kappa shape index (κ1) is 21.6. The van der Waals surface area contributed by atoms with Crippen molar-refractivity contribution in [2.24, 2.45) is 17.8 Å². The zero-order valence-electron chi connectivity index (χ0n) is 17.6. The molecule has 160 valence electrons. The van der Waals surface area contributed by atoms with Crippen molar-refractivity contribution in [1.29, 1.82) is 0 Å². The Kier molecular flexibility index (Phi) is 8.66. The summed E-state index contributed by atoms with van der Waals surface area (Å²) in [6.07, 6.45) is 14.3. The number of carbonyl (C=O) groups excluding carboxylic acids is 1. The average Bonchev–Trinajstić information content (AvgIpc) is 3.20. The van der Waals surface area contributed by atoms with Gasteiger partial charge in [-0.2, -0.15) is 0 Å². The Bertz CT molecular complexity index is 507. The Labute approximate surface area is 170 Å². The third-order valence-electron chi connectivity index (χ3n) is 6.76. The minimum absolute atomic E-state index is 0.0511. The van der Waals surface area contributed by atoms with E-state index in [2.05, 4.69) is 6.08 Å². The number of allylic oxidation sites excluding steroid dienone is 1. The van der Waals surface area contributed by atoms with Crippen LogP contribution in [0.15, 0.2) is 11.8 Å². The van der Waals surface area contributed by atoms with Crippen molar-refractivity contribution in [3.63, 3.8) is 0 Å². The van der Waals surface area contributed by atoms with Crippen LogP contribution in [0, 0.1) is 17.8 Å². The van der Waals surface area contributed by atoms with Crippen molar-refractivity contribution in [2.75, 3.05) is 26.3 Å². The smallest absolute Gasteiger partial charge is 0.288 e. The molecule has 2 fully saturated rings. The molecule has 0 aromatic carbocycles. The molecule has 28 heavy (non-hydrogen) atoms. The molecule has 0 spiro atoms. The highest BCUT2D eigenvalue weighted by Gasteiger charge is 2.41. The summed E-state index contributed by atoms with van der Waals surface area (Å²) < 4.78 is 12.2. The van der Waals surface area contributed by atoms with Crippen LogP contribution in [0.1, 0.15) is 77.6 Å². The Morgan fingerprint density at radius 2 is 1.82 bits per heavy atom. The van der Waals surface area contributed by atoms with Gasteiger partial charge in [-0.05, 0) is 63.4 Å². The molecule has 3 rings (SSSR count). The van der Waals surface area contributed by atoms with E-state index in [1.807, 2.05) is 11.8 Å². The predicted octanol–water partition coefficient (Wildman–Crippen LogP) is 4.25. The highest BCUT2D eigenvalue weighted by Crippen LogP contribution is 2.43. The second-order valence-electron chi connectivity index (χ2n) is 8.68. The standard InChI is InChI=1S/C23H39NO4/c1-2-27-23-19(13-10-16-25)20(18-11-6-7-12-18)17-21(28-23)22(26)24-14-8-4-3-5-9-15-24/h17-20,23,25H,2-16H2,1H3/t19-,20-,23-/m0/s1. The quantitative estimate of drug-likeness (QED) is 0.702. The lowest BCUT2D eigenvalue weighted by Crippen LogP contribution is -2.43. The minimum Gasteiger partial charge on any atom is -0.459 e. The summed E-state index contributed by atoms with van der Waals surface area (Å²) in [6.45, 7) is 4.41. The fraction of sp³-hybridized carbons (Fsp3) is 0.870. The van der Waals surface area contributed by atoms with E-state index in [-0.39, 0.29) is 24.7 Å². The zero-order chi connectivity index (χ0) is 19.8. The van der Waals surface area contributed by atoms with Gasteiger partial charge in [0.05, 0.1) is 0 Å². The lowest BCUT2D eigenvalue weighted by molar-refractivity contribution is -0.179. The molecule has 0 radical (unpaired) electrons. The van der Waals surface area contributed by atoms with Gasteiger partial charge in [-0.15, -0.1) is 0 Å². The van der Waals surface area contributed by atoms with E-state index in [4.69, 9.17) is 9.47 Å². The Morgan fingerprint density at radius 3 is 2.46 bits per heavy atom. The summed E-state index contributed by atoms with van der Waals surface area (Å²) in [4.78, 5) is 15.3. The van der Waals surface area contributed by atoms with E-state index in [0.717, 1.165) is 38.8 Å². The largest absolute Gasteiger partial charge is 0.459 e. The first-order valence-corrected chi connectivity index (χ1v) is 11.6. The second kappa shape index (κ2) is 11.2. The van der Waals surface area contributed by atoms with Crippen LogP contribution in [0.4, 0.5) is 0 Å². The van der Waals surface area contributed by atoms with Crippen LogP contribution in [-0.2, 0) is 14.3 Å². The SMILES string of the molecule is CCO[C@H]1OC(C(=O)N2CCCCCCC2)=C[C@@H](C2CCCC2)[C@@H]1CCCO. The highest BCUT2D eigenvalue weighted by molar-refractivity contribution is 5.91. The molecule has 1 aliphatic carbocycles. The Hall–Kier alpha value is -1.07. The molecule has 5 nitrogen and oxygen atoms in total. The number of aliphatic hydroxyl groups is 1. The van der Waals surface area contributed by atoms with Crippen molar-refractivity contribution in [3.8, 4) is 0 Å². The maximum Gasteiger partial charge on any atom is 0.288 e. The van der Waals surface area contributed by atoms with Gasteiger partial charge in [0.1, 0.15) is 0 Å². The first-order valence-electron chi connectivity index (χ1n) is 11.6. The van der Waals surface area contributed by atoms with Gasteiger partial charge in [0.2, 0.25) is 6.29 Å². The summed E-state index contributed by atoms with van der Waals surface area (Å²) in [5, 5.41) is 9.37. The fourth-order valence-corrected chi connectivity index (χ4v) is 5.27. The number of ether oxygens (including phenoxy) is 2. The van der Waals surface area contributed by atoms with Crippen LogP contribution < -0.4 is 0 Å². The molecule has 0 bridgehead atoms. The number of rotatable bonds is 7. The van der Waals surface area contributed by atoms with Gasteiger partial charge in [-0.1, -0.05) is 32.1 Å². The van der Waals surface area contributed by atoms with Crippen molar-refractivity contribution >= 4 is 5.91 Å². The number of aliphatic hydroxyl groups excluding tert-OH is 1. The number of likely N-dealkylation sites (tertiary alicyclic amines) is 1. The molecule has 1 amide bonds. The van der Waals surface area contributed by atoms with Gasteiger partial charge in [-0.25, -0.2) is 0 Å². The summed E-state index contributed by atoms with van der Waals surface area (Å²) in [7, 11) is 0.